The molecule has 4 nitrogen and oxygen atoms in total. The van der Waals surface area contributed by atoms with Gasteiger partial charge in [0.05, 0.1) is 13.2 Å². The zero-order chi connectivity index (χ0) is 15.2. The van der Waals surface area contributed by atoms with Crippen LogP contribution in [0.5, 0.6) is 0 Å². The number of nitrogens with one attached hydrogen (secondary N) is 1. The summed E-state index contributed by atoms with van der Waals surface area (Å²) in [5, 5.41) is 3.32. The van der Waals surface area contributed by atoms with E-state index in [4.69, 9.17) is 4.74 Å². The largest absolute Gasteiger partial charge is 0.376 e. The molecule has 0 radical (unpaired) electrons. The van der Waals surface area contributed by atoms with Crippen LogP contribution in [0.15, 0.2) is 30.3 Å². The van der Waals surface area contributed by atoms with Crippen molar-refractivity contribution in [2.75, 3.05) is 32.8 Å². The first-order chi connectivity index (χ1) is 10.8. The third kappa shape index (κ3) is 4.08. The van der Waals surface area contributed by atoms with Gasteiger partial charge in [-0.3, -0.25) is 4.79 Å². The highest BCUT2D eigenvalue weighted by Gasteiger charge is 2.31. The maximum atomic E-state index is 12.5. The maximum absolute atomic E-state index is 12.5. The van der Waals surface area contributed by atoms with Crippen molar-refractivity contribution in [3.05, 3.63) is 35.9 Å². The summed E-state index contributed by atoms with van der Waals surface area (Å²) >= 11 is 0. The van der Waals surface area contributed by atoms with Gasteiger partial charge < -0.3 is 15.0 Å². The molecule has 0 saturated carbocycles. The van der Waals surface area contributed by atoms with Crippen LogP contribution in [-0.2, 0) is 16.1 Å². The van der Waals surface area contributed by atoms with E-state index in [0.717, 1.165) is 52.0 Å². The average molecular weight is 302 g/mol. The molecule has 2 fully saturated rings. The van der Waals surface area contributed by atoms with Gasteiger partial charge in [-0.25, -0.2) is 0 Å². The number of hydrogen-bond acceptors (Lipinski definition) is 3. The van der Waals surface area contributed by atoms with E-state index in [1.54, 1.807) is 0 Å². The molecule has 0 spiro atoms. The predicted molar refractivity (Wildman–Crippen MR) is 86.4 cm³/mol. The number of rotatable bonds is 5. The summed E-state index contributed by atoms with van der Waals surface area (Å²) < 4.78 is 5.83. The number of piperidine rings is 1. The number of carbonyl (C=O) groups excluding carboxylic acids is 1. The Bertz CT molecular complexity index is 471. The third-order valence-corrected chi connectivity index (χ3v) is 4.75. The smallest absolute Gasteiger partial charge is 0.225 e. The quantitative estimate of drug-likeness (QED) is 0.905. The van der Waals surface area contributed by atoms with Gasteiger partial charge in [-0.2, -0.15) is 0 Å². The highest BCUT2D eigenvalue weighted by atomic mass is 16.5. The zero-order valence-electron chi connectivity index (χ0n) is 13.2. The van der Waals surface area contributed by atoms with Crippen LogP contribution in [0.25, 0.3) is 0 Å². The maximum Gasteiger partial charge on any atom is 0.225 e. The van der Waals surface area contributed by atoms with E-state index in [1.807, 2.05) is 18.2 Å². The van der Waals surface area contributed by atoms with Gasteiger partial charge >= 0.3 is 0 Å². The third-order valence-electron chi connectivity index (χ3n) is 4.75. The van der Waals surface area contributed by atoms with Gasteiger partial charge in [0.15, 0.2) is 0 Å². The number of hydrogen-bond donors (Lipinski definition) is 1. The van der Waals surface area contributed by atoms with E-state index in [9.17, 15) is 4.79 Å². The molecule has 0 aliphatic carbocycles. The summed E-state index contributed by atoms with van der Waals surface area (Å²) in [6.45, 7) is 5.16. The Balaban J connectivity index is 1.39. The van der Waals surface area contributed by atoms with E-state index >= 15 is 0 Å². The number of nitrogens with zero attached hydrogens (tertiary/aromatic N) is 1. The zero-order valence-corrected chi connectivity index (χ0v) is 13.2. The first kappa shape index (κ1) is 15.5. The molecule has 0 bridgehead atoms. The van der Waals surface area contributed by atoms with Gasteiger partial charge in [-0.05, 0) is 37.9 Å². The van der Waals surface area contributed by atoms with Crippen LogP contribution in [-0.4, -0.2) is 43.6 Å². The van der Waals surface area contributed by atoms with Crippen molar-refractivity contribution in [1.82, 2.24) is 10.2 Å². The molecular formula is C18H26N2O2. The SMILES string of the molecule is O=C(C1CCNCC1)N1CCC(COCc2ccccc2)C1. The fraction of sp³-hybridized carbons (Fsp3) is 0.611. The minimum Gasteiger partial charge on any atom is -0.376 e. The van der Waals surface area contributed by atoms with E-state index in [0.29, 0.717) is 18.4 Å². The van der Waals surface area contributed by atoms with Crippen LogP contribution in [0.2, 0.25) is 0 Å². The minimum absolute atomic E-state index is 0.241. The highest BCUT2D eigenvalue weighted by Crippen LogP contribution is 2.22. The molecule has 2 aliphatic rings. The molecule has 1 aromatic carbocycles. The molecule has 2 aliphatic heterocycles. The van der Waals surface area contributed by atoms with Crippen molar-refractivity contribution in [2.24, 2.45) is 11.8 Å². The molecular weight excluding hydrogens is 276 g/mol. The van der Waals surface area contributed by atoms with Crippen LogP contribution in [0.4, 0.5) is 0 Å². The standard InChI is InChI=1S/C18H26N2O2/c21-18(17-6-9-19-10-7-17)20-11-8-16(12-20)14-22-13-15-4-2-1-3-5-15/h1-5,16-17,19H,6-14H2. The lowest BCUT2D eigenvalue weighted by molar-refractivity contribution is -0.135. The average Bonchev–Trinajstić information content (AvgIpc) is 3.05. The fourth-order valence-electron chi connectivity index (χ4n) is 3.41. The molecule has 4 heteroatoms. The van der Waals surface area contributed by atoms with Crippen molar-refractivity contribution in [3.63, 3.8) is 0 Å². The molecule has 0 aromatic heterocycles. The summed E-state index contributed by atoms with van der Waals surface area (Å²) in [5.41, 5.74) is 1.21. The molecule has 1 atom stereocenters. The molecule has 2 heterocycles. The number of ether oxygens (including phenoxy) is 1. The summed E-state index contributed by atoms with van der Waals surface area (Å²) in [7, 11) is 0. The fourth-order valence-corrected chi connectivity index (χ4v) is 3.41. The first-order valence-electron chi connectivity index (χ1n) is 8.44. The van der Waals surface area contributed by atoms with Crippen LogP contribution < -0.4 is 5.32 Å². The summed E-state index contributed by atoms with van der Waals surface area (Å²) in [6, 6.07) is 10.3. The summed E-state index contributed by atoms with van der Waals surface area (Å²) in [4.78, 5) is 14.6. The Kier molecular flexibility index (Phi) is 5.46. The van der Waals surface area contributed by atoms with Crippen LogP contribution in [0, 0.1) is 11.8 Å². The number of likely N-dealkylation sites (tertiary alicyclic amines) is 1. The Hall–Kier alpha value is -1.39. The van der Waals surface area contributed by atoms with Crippen LogP contribution in [0.3, 0.4) is 0 Å². The van der Waals surface area contributed by atoms with Gasteiger partial charge in [0.25, 0.3) is 0 Å². The number of benzene rings is 1. The predicted octanol–water partition coefficient (Wildman–Crippen LogP) is 2.05. The molecule has 1 unspecified atom stereocenters. The minimum atomic E-state index is 0.241. The molecule has 1 aromatic rings. The van der Waals surface area contributed by atoms with Crippen LogP contribution in [0.1, 0.15) is 24.8 Å². The Morgan fingerprint density at radius 2 is 1.95 bits per heavy atom. The van der Waals surface area contributed by atoms with Crippen molar-refractivity contribution >= 4 is 5.91 Å². The first-order valence-corrected chi connectivity index (χ1v) is 8.44. The van der Waals surface area contributed by atoms with E-state index in [-0.39, 0.29) is 5.92 Å². The van der Waals surface area contributed by atoms with Crippen LogP contribution >= 0.6 is 0 Å². The Labute approximate surface area is 132 Å². The van der Waals surface area contributed by atoms with Crippen molar-refractivity contribution < 1.29 is 9.53 Å². The van der Waals surface area contributed by atoms with E-state index in [1.165, 1.54) is 5.56 Å². The lowest BCUT2D eigenvalue weighted by Crippen LogP contribution is -2.40. The molecule has 2 saturated heterocycles. The van der Waals surface area contributed by atoms with E-state index < -0.39 is 0 Å². The Morgan fingerprint density at radius 3 is 2.73 bits per heavy atom. The highest BCUT2D eigenvalue weighted by molar-refractivity contribution is 5.79. The molecule has 3 rings (SSSR count). The molecule has 1 N–H and O–H groups in total. The lowest BCUT2D eigenvalue weighted by atomic mass is 9.97. The van der Waals surface area contributed by atoms with Crippen molar-refractivity contribution in [2.45, 2.75) is 25.9 Å². The second kappa shape index (κ2) is 7.75. The van der Waals surface area contributed by atoms with E-state index in [2.05, 4.69) is 22.3 Å². The van der Waals surface area contributed by atoms with Gasteiger partial charge in [-0.1, -0.05) is 30.3 Å². The Morgan fingerprint density at radius 1 is 1.18 bits per heavy atom. The number of amides is 1. The summed E-state index contributed by atoms with van der Waals surface area (Å²) in [6.07, 6.45) is 3.06. The normalized spacial score (nSPS) is 22.9. The molecule has 120 valence electrons. The summed E-state index contributed by atoms with van der Waals surface area (Å²) in [5.74, 6) is 1.10. The lowest BCUT2D eigenvalue weighted by Gasteiger charge is -2.26. The second-order valence-electron chi connectivity index (χ2n) is 6.46. The van der Waals surface area contributed by atoms with Gasteiger partial charge in [0.1, 0.15) is 0 Å². The number of carbonyl (C=O) groups is 1. The van der Waals surface area contributed by atoms with Gasteiger partial charge in [0.2, 0.25) is 5.91 Å². The van der Waals surface area contributed by atoms with Crippen molar-refractivity contribution in [3.8, 4) is 0 Å². The second-order valence-corrected chi connectivity index (χ2v) is 6.46. The molecule has 22 heavy (non-hydrogen) atoms. The van der Waals surface area contributed by atoms with Gasteiger partial charge in [0, 0.05) is 24.9 Å². The molecule has 1 amide bonds. The topological polar surface area (TPSA) is 41.6 Å². The van der Waals surface area contributed by atoms with Crippen molar-refractivity contribution in [1.29, 1.82) is 0 Å². The monoisotopic (exact) mass is 302 g/mol. The van der Waals surface area contributed by atoms with Gasteiger partial charge in [-0.15, -0.1) is 0 Å².